The molecule has 0 saturated heterocycles. The predicted molar refractivity (Wildman–Crippen MR) is 104 cm³/mol. The van der Waals surface area contributed by atoms with Crippen LogP contribution in [0, 0.1) is 0 Å². The second kappa shape index (κ2) is 11.0. The molecule has 0 aromatic heterocycles. The summed E-state index contributed by atoms with van der Waals surface area (Å²) in [6.07, 6.45) is 9.47. The standard InChI is InChI=1S/C23H32O/c1-3-4-5-6-7-8-12-19-24-20(2)21-15-17-23(18-16-21)22-13-10-9-11-14-22/h9-11,13-18,20H,3-8,12,19H2,1-2H3. The van der Waals surface area contributed by atoms with Crippen molar-refractivity contribution in [3.63, 3.8) is 0 Å². The zero-order chi connectivity index (χ0) is 17.0. The van der Waals surface area contributed by atoms with Gasteiger partial charge in [-0.2, -0.15) is 0 Å². The third-order valence-electron chi connectivity index (χ3n) is 4.60. The van der Waals surface area contributed by atoms with Gasteiger partial charge in [0.05, 0.1) is 6.10 Å². The van der Waals surface area contributed by atoms with Crippen LogP contribution in [0.25, 0.3) is 11.1 Å². The van der Waals surface area contributed by atoms with E-state index in [9.17, 15) is 0 Å². The summed E-state index contributed by atoms with van der Waals surface area (Å²) in [5, 5.41) is 0. The minimum Gasteiger partial charge on any atom is -0.374 e. The summed E-state index contributed by atoms with van der Waals surface area (Å²) in [5.74, 6) is 0. The molecule has 0 aliphatic rings. The molecule has 0 aliphatic heterocycles. The van der Waals surface area contributed by atoms with Crippen LogP contribution < -0.4 is 0 Å². The molecule has 24 heavy (non-hydrogen) atoms. The summed E-state index contributed by atoms with van der Waals surface area (Å²) in [4.78, 5) is 0. The largest absolute Gasteiger partial charge is 0.374 e. The number of benzene rings is 2. The van der Waals surface area contributed by atoms with Crippen molar-refractivity contribution in [2.75, 3.05) is 6.61 Å². The Hall–Kier alpha value is -1.60. The maximum absolute atomic E-state index is 6.00. The summed E-state index contributed by atoms with van der Waals surface area (Å²) in [6.45, 7) is 5.29. The highest BCUT2D eigenvalue weighted by Gasteiger charge is 2.06. The van der Waals surface area contributed by atoms with Crippen molar-refractivity contribution < 1.29 is 4.74 Å². The van der Waals surface area contributed by atoms with Gasteiger partial charge in [-0.1, -0.05) is 100 Å². The maximum Gasteiger partial charge on any atom is 0.0796 e. The summed E-state index contributed by atoms with van der Waals surface area (Å²) in [5.41, 5.74) is 3.79. The molecule has 2 aromatic carbocycles. The summed E-state index contributed by atoms with van der Waals surface area (Å²) in [7, 11) is 0. The van der Waals surface area contributed by atoms with E-state index in [1.807, 2.05) is 0 Å². The number of hydrogen-bond acceptors (Lipinski definition) is 1. The summed E-state index contributed by atoms with van der Waals surface area (Å²) >= 11 is 0. The SMILES string of the molecule is CCCCCCCCCOC(C)c1ccc(-c2ccccc2)cc1. The van der Waals surface area contributed by atoms with E-state index in [2.05, 4.69) is 68.4 Å². The van der Waals surface area contributed by atoms with Crippen molar-refractivity contribution in [1.29, 1.82) is 0 Å². The molecular weight excluding hydrogens is 292 g/mol. The van der Waals surface area contributed by atoms with E-state index in [-0.39, 0.29) is 6.10 Å². The Balaban J connectivity index is 1.68. The van der Waals surface area contributed by atoms with Gasteiger partial charge in [-0.05, 0) is 30.0 Å². The molecule has 130 valence electrons. The smallest absolute Gasteiger partial charge is 0.0796 e. The van der Waals surface area contributed by atoms with Crippen molar-refractivity contribution in [1.82, 2.24) is 0 Å². The van der Waals surface area contributed by atoms with Crippen LogP contribution >= 0.6 is 0 Å². The molecule has 0 N–H and O–H groups in total. The van der Waals surface area contributed by atoms with Crippen molar-refractivity contribution in [3.05, 3.63) is 60.2 Å². The Labute approximate surface area is 148 Å². The minimum absolute atomic E-state index is 0.176. The molecule has 1 nitrogen and oxygen atoms in total. The van der Waals surface area contributed by atoms with Gasteiger partial charge < -0.3 is 4.74 Å². The van der Waals surface area contributed by atoms with Crippen LogP contribution in [0.1, 0.15) is 70.5 Å². The Bertz CT molecular complexity index is 544. The molecule has 0 aliphatic carbocycles. The molecule has 0 radical (unpaired) electrons. The molecule has 1 atom stereocenters. The molecule has 0 spiro atoms. The average molecular weight is 325 g/mol. The van der Waals surface area contributed by atoms with Crippen LogP contribution in [-0.2, 0) is 4.74 Å². The predicted octanol–water partition coefficient (Wildman–Crippen LogP) is 7.18. The Morgan fingerprint density at radius 2 is 1.29 bits per heavy atom. The van der Waals surface area contributed by atoms with Gasteiger partial charge in [-0.3, -0.25) is 0 Å². The van der Waals surface area contributed by atoms with Crippen LogP contribution in [0.3, 0.4) is 0 Å². The van der Waals surface area contributed by atoms with Gasteiger partial charge in [0.15, 0.2) is 0 Å². The van der Waals surface area contributed by atoms with Crippen LogP contribution in [-0.4, -0.2) is 6.61 Å². The molecule has 0 saturated carbocycles. The fraction of sp³-hybridized carbons (Fsp3) is 0.478. The minimum atomic E-state index is 0.176. The third-order valence-corrected chi connectivity index (χ3v) is 4.60. The highest BCUT2D eigenvalue weighted by atomic mass is 16.5. The Morgan fingerprint density at radius 1 is 0.708 bits per heavy atom. The molecule has 2 rings (SSSR count). The highest BCUT2D eigenvalue weighted by Crippen LogP contribution is 2.23. The van der Waals surface area contributed by atoms with E-state index in [0.717, 1.165) is 6.61 Å². The molecule has 0 bridgehead atoms. The maximum atomic E-state index is 6.00. The van der Waals surface area contributed by atoms with Crippen LogP contribution in [0.15, 0.2) is 54.6 Å². The molecular formula is C23H32O. The van der Waals surface area contributed by atoms with Gasteiger partial charge in [0, 0.05) is 6.61 Å². The van der Waals surface area contributed by atoms with Gasteiger partial charge in [-0.25, -0.2) is 0 Å². The van der Waals surface area contributed by atoms with Crippen molar-refractivity contribution >= 4 is 0 Å². The van der Waals surface area contributed by atoms with Crippen LogP contribution in [0.2, 0.25) is 0 Å². The first-order valence-electron chi connectivity index (χ1n) is 9.58. The van der Waals surface area contributed by atoms with Gasteiger partial charge in [-0.15, -0.1) is 0 Å². The van der Waals surface area contributed by atoms with E-state index in [4.69, 9.17) is 4.74 Å². The lowest BCUT2D eigenvalue weighted by atomic mass is 10.0. The third kappa shape index (κ3) is 6.49. The van der Waals surface area contributed by atoms with Gasteiger partial charge >= 0.3 is 0 Å². The number of unbranched alkanes of at least 4 members (excludes halogenated alkanes) is 6. The number of ether oxygens (including phenoxy) is 1. The second-order valence-corrected chi connectivity index (χ2v) is 6.62. The lowest BCUT2D eigenvalue weighted by Crippen LogP contribution is -2.01. The first kappa shape index (κ1) is 18.7. The van der Waals surface area contributed by atoms with E-state index in [1.54, 1.807) is 0 Å². The average Bonchev–Trinajstić information content (AvgIpc) is 2.64. The Morgan fingerprint density at radius 3 is 1.96 bits per heavy atom. The van der Waals surface area contributed by atoms with Crippen molar-refractivity contribution in [2.24, 2.45) is 0 Å². The van der Waals surface area contributed by atoms with Gasteiger partial charge in [0.1, 0.15) is 0 Å². The zero-order valence-corrected chi connectivity index (χ0v) is 15.3. The number of hydrogen-bond donors (Lipinski definition) is 0. The van der Waals surface area contributed by atoms with E-state index >= 15 is 0 Å². The zero-order valence-electron chi connectivity index (χ0n) is 15.3. The fourth-order valence-corrected chi connectivity index (χ4v) is 2.99. The van der Waals surface area contributed by atoms with E-state index in [0.29, 0.717) is 0 Å². The molecule has 1 unspecified atom stereocenters. The second-order valence-electron chi connectivity index (χ2n) is 6.62. The van der Waals surface area contributed by atoms with Gasteiger partial charge in [0.25, 0.3) is 0 Å². The first-order chi connectivity index (χ1) is 11.8. The quantitative estimate of drug-likeness (QED) is 0.398. The normalized spacial score (nSPS) is 12.2. The van der Waals surface area contributed by atoms with E-state index < -0.39 is 0 Å². The Kier molecular flexibility index (Phi) is 8.62. The van der Waals surface area contributed by atoms with Crippen molar-refractivity contribution in [2.45, 2.75) is 64.9 Å². The molecule has 0 heterocycles. The van der Waals surface area contributed by atoms with Crippen LogP contribution in [0.5, 0.6) is 0 Å². The monoisotopic (exact) mass is 324 g/mol. The fourth-order valence-electron chi connectivity index (χ4n) is 2.99. The van der Waals surface area contributed by atoms with Crippen LogP contribution in [0.4, 0.5) is 0 Å². The summed E-state index contributed by atoms with van der Waals surface area (Å²) in [6, 6.07) is 19.3. The lowest BCUT2D eigenvalue weighted by molar-refractivity contribution is 0.0627. The molecule has 0 amide bonds. The first-order valence-corrected chi connectivity index (χ1v) is 9.58. The van der Waals surface area contributed by atoms with Gasteiger partial charge in [0.2, 0.25) is 0 Å². The molecule has 0 fully saturated rings. The van der Waals surface area contributed by atoms with Crippen molar-refractivity contribution in [3.8, 4) is 11.1 Å². The molecule has 2 aromatic rings. The summed E-state index contributed by atoms with van der Waals surface area (Å²) < 4.78 is 6.00. The number of rotatable bonds is 11. The molecule has 1 heteroatoms. The lowest BCUT2D eigenvalue weighted by Gasteiger charge is -2.14. The van der Waals surface area contributed by atoms with E-state index in [1.165, 1.54) is 61.6 Å². The highest BCUT2D eigenvalue weighted by molar-refractivity contribution is 5.63. The topological polar surface area (TPSA) is 9.23 Å².